The van der Waals surface area contributed by atoms with Crippen LogP contribution in [0.15, 0.2) is 0 Å². The molecular weight excluding hydrogens is 200 g/mol. The van der Waals surface area contributed by atoms with E-state index in [0.29, 0.717) is 5.88 Å². The lowest BCUT2D eigenvalue weighted by atomic mass is 10.8. The fraction of sp³-hybridized carbons (Fsp3) is 1.00. The van der Waals surface area contributed by atoms with Gasteiger partial charge in [0.2, 0.25) is 0 Å². The van der Waals surface area contributed by atoms with Crippen LogP contribution in [0.4, 0.5) is 0 Å². The lowest BCUT2D eigenvalue weighted by Crippen LogP contribution is -3.00. The summed E-state index contributed by atoms with van der Waals surface area (Å²) in [5, 5.41) is 0. The molecule has 0 radical (unpaired) electrons. The van der Waals surface area contributed by atoms with E-state index in [9.17, 15) is 0 Å². The number of rotatable bonds is 1. The van der Waals surface area contributed by atoms with Crippen LogP contribution >= 0.6 is 11.6 Å². The van der Waals surface area contributed by atoms with Crippen LogP contribution in [0.5, 0.6) is 0 Å². The van der Waals surface area contributed by atoms with Crippen LogP contribution in [0.2, 0.25) is 0 Å². The molecule has 5 heavy (non-hydrogen) atoms. The van der Waals surface area contributed by atoms with Crippen LogP contribution in [-0.2, 0) is 0 Å². The van der Waals surface area contributed by atoms with E-state index in [1.54, 1.807) is 0 Å². The van der Waals surface area contributed by atoms with Gasteiger partial charge in [0.1, 0.15) is 0 Å². The molecule has 0 spiro atoms. The van der Waals surface area contributed by atoms with Crippen molar-refractivity contribution in [1.82, 2.24) is 0 Å². The molecule has 0 amide bonds. The molecule has 3 N–H and O–H groups in total. The summed E-state index contributed by atoms with van der Waals surface area (Å²) in [6.07, 6.45) is 0. The highest BCUT2D eigenvalue weighted by molar-refractivity contribution is 6.17. The molecule has 34 valence electrons. The summed E-state index contributed by atoms with van der Waals surface area (Å²) in [7, 11) is 0. The number of alkyl halides is 1. The van der Waals surface area contributed by atoms with Gasteiger partial charge in [0.15, 0.2) is 0 Å². The molecule has 0 fully saturated rings. The average Bonchev–Trinajstić information content (AvgIpc) is 1.37. The molecule has 0 aliphatic rings. The Labute approximate surface area is 53.9 Å². The lowest BCUT2D eigenvalue weighted by Gasteiger charge is -1.64. The fourth-order valence-electron chi connectivity index (χ4n) is 0. The van der Waals surface area contributed by atoms with E-state index in [0.717, 1.165) is 6.54 Å². The standard InChI is InChI=1S/C2H6ClN.HI/c3-1-2-4;/h1-2,4H2;1H. The van der Waals surface area contributed by atoms with Gasteiger partial charge in [-0.3, -0.25) is 0 Å². The summed E-state index contributed by atoms with van der Waals surface area (Å²) >= 11 is 5.12. The molecule has 0 aromatic rings. The van der Waals surface area contributed by atoms with Crippen molar-refractivity contribution in [2.24, 2.45) is 0 Å². The molecule has 0 aliphatic heterocycles. The molecule has 0 aliphatic carbocycles. The van der Waals surface area contributed by atoms with E-state index in [2.05, 4.69) is 5.73 Å². The lowest BCUT2D eigenvalue weighted by molar-refractivity contribution is -0.360. The Morgan fingerprint density at radius 2 is 1.80 bits per heavy atom. The maximum atomic E-state index is 5.12. The summed E-state index contributed by atoms with van der Waals surface area (Å²) < 4.78 is 0. The Bertz CT molecular complexity index is 11.6. The van der Waals surface area contributed by atoms with Crippen molar-refractivity contribution in [3.63, 3.8) is 0 Å². The first kappa shape index (κ1) is 9.36. The quantitative estimate of drug-likeness (QED) is 0.341. The third kappa shape index (κ3) is 11.3. The molecule has 0 aromatic heterocycles. The van der Waals surface area contributed by atoms with Gasteiger partial charge in [-0.15, -0.1) is 11.6 Å². The number of hydrogen-bond donors (Lipinski definition) is 1. The molecule has 0 aromatic carbocycles. The van der Waals surface area contributed by atoms with Gasteiger partial charge in [-0.1, -0.05) is 0 Å². The van der Waals surface area contributed by atoms with Gasteiger partial charge in [0, 0.05) is 0 Å². The van der Waals surface area contributed by atoms with E-state index < -0.39 is 0 Å². The fourth-order valence-corrected chi connectivity index (χ4v) is 0. The maximum absolute atomic E-state index is 5.12. The van der Waals surface area contributed by atoms with Gasteiger partial charge in [-0.2, -0.15) is 0 Å². The Morgan fingerprint density at radius 3 is 1.80 bits per heavy atom. The van der Waals surface area contributed by atoms with Crippen LogP contribution in [0.3, 0.4) is 0 Å². The predicted octanol–water partition coefficient (Wildman–Crippen LogP) is -3.53. The molecule has 0 saturated carbocycles. The summed E-state index contributed by atoms with van der Waals surface area (Å²) in [6.45, 7) is 0.835. The summed E-state index contributed by atoms with van der Waals surface area (Å²) in [5.41, 5.74) is 3.47. The monoisotopic (exact) mass is 207 g/mol. The summed E-state index contributed by atoms with van der Waals surface area (Å²) in [5.74, 6) is 0.681. The zero-order valence-corrected chi connectivity index (χ0v) is 5.79. The van der Waals surface area contributed by atoms with Gasteiger partial charge in [0.25, 0.3) is 0 Å². The number of halogens is 2. The van der Waals surface area contributed by atoms with Crippen LogP contribution in [0.1, 0.15) is 0 Å². The van der Waals surface area contributed by atoms with Gasteiger partial charge in [0.05, 0.1) is 12.4 Å². The summed E-state index contributed by atoms with van der Waals surface area (Å²) in [4.78, 5) is 0. The van der Waals surface area contributed by atoms with Crippen LogP contribution in [-0.4, -0.2) is 12.4 Å². The molecule has 0 saturated heterocycles. The molecule has 0 heterocycles. The van der Waals surface area contributed by atoms with Crippen molar-refractivity contribution >= 4 is 11.6 Å². The second-order valence-corrected chi connectivity index (χ2v) is 0.921. The van der Waals surface area contributed by atoms with Crippen molar-refractivity contribution in [3.8, 4) is 0 Å². The third-order valence-electron chi connectivity index (χ3n) is 0.134. The second-order valence-electron chi connectivity index (χ2n) is 0.543. The summed E-state index contributed by atoms with van der Waals surface area (Å²) in [6, 6.07) is 0. The zero-order chi connectivity index (χ0) is 3.41. The minimum Gasteiger partial charge on any atom is -1.00 e. The third-order valence-corrected chi connectivity index (χ3v) is 0.401. The van der Waals surface area contributed by atoms with Gasteiger partial charge >= 0.3 is 0 Å². The molecule has 0 bridgehead atoms. The van der Waals surface area contributed by atoms with Crippen molar-refractivity contribution in [2.45, 2.75) is 0 Å². The zero-order valence-electron chi connectivity index (χ0n) is 2.88. The van der Waals surface area contributed by atoms with Crippen LogP contribution in [0, 0.1) is 0 Å². The van der Waals surface area contributed by atoms with Gasteiger partial charge in [-0.25, -0.2) is 0 Å². The topological polar surface area (TPSA) is 27.6 Å². The van der Waals surface area contributed by atoms with Crippen molar-refractivity contribution < 1.29 is 29.7 Å². The highest BCUT2D eigenvalue weighted by Gasteiger charge is 1.62. The highest BCUT2D eigenvalue weighted by Crippen LogP contribution is 1.58. The Hall–Kier alpha value is 0.980. The second kappa shape index (κ2) is 8.88. The maximum Gasteiger partial charge on any atom is 0.0877 e. The van der Waals surface area contributed by atoms with Crippen LogP contribution < -0.4 is 29.7 Å². The van der Waals surface area contributed by atoms with E-state index in [4.69, 9.17) is 11.6 Å². The Balaban J connectivity index is 0. The Kier molecular flexibility index (Phi) is 16.6. The normalized spacial score (nSPS) is 6.00. The number of hydrogen-bond acceptors (Lipinski definition) is 0. The minimum absolute atomic E-state index is 0. The van der Waals surface area contributed by atoms with Crippen molar-refractivity contribution in [1.29, 1.82) is 0 Å². The predicted molar refractivity (Wildman–Crippen MR) is 18.5 cm³/mol. The first-order valence-electron chi connectivity index (χ1n) is 1.27. The van der Waals surface area contributed by atoms with E-state index in [1.165, 1.54) is 0 Å². The first-order chi connectivity index (χ1) is 1.91. The first-order valence-corrected chi connectivity index (χ1v) is 1.80. The Morgan fingerprint density at radius 1 is 1.60 bits per heavy atom. The molecular formula is C2H7ClIN. The molecule has 0 rings (SSSR count). The van der Waals surface area contributed by atoms with Gasteiger partial charge < -0.3 is 29.7 Å². The van der Waals surface area contributed by atoms with E-state index in [-0.39, 0.29) is 24.0 Å². The van der Waals surface area contributed by atoms with E-state index >= 15 is 0 Å². The van der Waals surface area contributed by atoms with Gasteiger partial charge in [-0.05, 0) is 0 Å². The minimum atomic E-state index is 0. The molecule has 0 unspecified atom stereocenters. The smallest absolute Gasteiger partial charge is 0.0877 e. The van der Waals surface area contributed by atoms with Crippen molar-refractivity contribution in [3.05, 3.63) is 0 Å². The molecule has 1 nitrogen and oxygen atoms in total. The van der Waals surface area contributed by atoms with Crippen LogP contribution in [0.25, 0.3) is 0 Å². The SMILES string of the molecule is [I-].[NH3+]CCCl. The highest BCUT2D eigenvalue weighted by atomic mass is 127. The molecule has 0 atom stereocenters. The average molecular weight is 207 g/mol. The number of quaternary nitrogens is 1. The largest absolute Gasteiger partial charge is 1.00 e. The van der Waals surface area contributed by atoms with Crippen molar-refractivity contribution in [2.75, 3.05) is 12.4 Å². The van der Waals surface area contributed by atoms with E-state index in [1.807, 2.05) is 0 Å². The molecule has 3 heteroatoms.